The molecule has 0 saturated carbocycles. The molecule has 5 fully saturated rings. The van der Waals surface area contributed by atoms with Gasteiger partial charge in [0.1, 0.15) is 29.9 Å². The number of anilines is 1. The average Bonchev–Trinajstić information content (AvgIpc) is 3.27. The number of aromatic nitrogens is 1. The number of rotatable bonds is 4. The highest BCUT2D eigenvalue weighted by atomic mass is 16.7. The molecule has 182 valence electrons. The molecular weight excluding hydrogens is 442 g/mol. The van der Waals surface area contributed by atoms with E-state index < -0.39 is 22.8 Å². The number of amides is 1. The van der Waals surface area contributed by atoms with Gasteiger partial charge in [-0.2, -0.15) is 0 Å². The summed E-state index contributed by atoms with van der Waals surface area (Å²) >= 11 is 0. The van der Waals surface area contributed by atoms with Crippen LogP contribution in [0.1, 0.15) is 43.5 Å². The Hall–Kier alpha value is -2.76. The van der Waals surface area contributed by atoms with Crippen molar-refractivity contribution in [3.63, 3.8) is 0 Å². The highest BCUT2D eigenvalue weighted by molar-refractivity contribution is 6.03. The topological polar surface area (TPSA) is 75.1 Å². The lowest BCUT2D eigenvalue weighted by Gasteiger charge is -2.54. The van der Waals surface area contributed by atoms with Crippen molar-refractivity contribution >= 4 is 11.7 Å². The summed E-state index contributed by atoms with van der Waals surface area (Å²) in [7, 11) is 0. The van der Waals surface area contributed by atoms with Crippen molar-refractivity contribution in [2.24, 2.45) is 5.92 Å². The molecule has 7 heteroatoms. The molecule has 2 aromatic rings. The number of fused-ring (bicyclic) bond motifs is 4. The van der Waals surface area contributed by atoms with Crippen LogP contribution in [0.15, 0.2) is 42.5 Å². The number of carbonyl (C=O) groups is 1. The van der Waals surface area contributed by atoms with E-state index in [1.54, 1.807) is 11.8 Å². The van der Waals surface area contributed by atoms with Crippen LogP contribution in [0, 0.1) is 18.3 Å². The Morgan fingerprint density at radius 3 is 2.57 bits per heavy atom. The molecule has 6 heterocycles. The molecule has 0 radical (unpaired) electrons. The SMILES string of the molecule is C#CC1N2CCC(CC2)[C@@]1(O)c1ccc(N2C[C@@]3(C)OCO[C@@]3(C)C2=O)nc1Cc1ccccc1. The summed E-state index contributed by atoms with van der Waals surface area (Å²) in [6.07, 6.45) is 8.31. The van der Waals surface area contributed by atoms with Gasteiger partial charge in [0.15, 0.2) is 5.60 Å². The first kappa shape index (κ1) is 22.7. The van der Waals surface area contributed by atoms with Crippen molar-refractivity contribution in [1.29, 1.82) is 0 Å². The predicted octanol–water partition coefficient (Wildman–Crippen LogP) is 2.46. The first-order chi connectivity index (χ1) is 16.8. The Balaban J connectivity index is 1.45. The number of piperidine rings is 3. The molecule has 0 spiro atoms. The number of hydrogen-bond acceptors (Lipinski definition) is 6. The van der Waals surface area contributed by atoms with Crippen LogP contribution in [0.5, 0.6) is 0 Å². The van der Waals surface area contributed by atoms with Gasteiger partial charge in [-0.3, -0.25) is 14.6 Å². The van der Waals surface area contributed by atoms with E-state index in [4.69, 9.17) is 20.9 Å². The van der Waals surface area contributed by atoms with Gasteiger partial charge in [0.25, 0.3) is 5.91 Å². The van der Waals surface area contributed by atoms with Gasteiger partial charge in [0.2, 0.25) is 0 Å². The maximum Gasteiger partial charge on any atom is 0.263 e. The molecule has 5 aliphatic heterocycles. The summed E-state index contributed by atoms with van der Waals surface area (Å²) in [6, 6.07) is 13.4. The normalized spacial score (nSPS) is 37.9. The molecule has 2 bridgehead atoms. The summed E-state index contributed by atoms with van der Waals surface area (Å²) in [5, 5.41) is 12.2. The highest BCUT2D eigenvalue weighted by Crippen LogP contribution is 2.49. The second-order valence-corrected chi connectivity index (χ2v) is 10.6. The van der Waals surface area contributed by atoms with Gasteiger partial charge < -0.3 is 14.6 Å². The molecule has 7 nitrogen and oxygen atoms in total. The Bertz CT molecular complexity index is 1200. The first-order valence-electron chi connectivity index (χ1n) is 12.4. The molecule has 1 aromatic carbocycles. The van der Waals surface area contributed by atoms with Crippen LogP contribution in [-0.2, 0) is 26.3 Å². The lowest BCUT2D eigenvalue weighted by atomic mass is 9.66. The monoisotopic (exact) mass is 473 g/mol. The van der Waals surface area contributed by atoms with Crippen molar-refractivity contribution < 1.29 is 19.4 Å². The predicted molar refractivity (Wildman–Crippen MR) is 130 cm³/mol. The number of benzene rings is 1. The Morgan fingerprint density at radius 2 is 1.89 bits per heavy atom. The van der Waals surface area contributed by atoms with Crippen LogP contribution in [0.25, 0.3) is 0 Å². The Labute approximate surface area is 206 Å². The molecule has 1 unspecified atom stereocenters. The van der Waals surface area contributed by atoms with E-state index in [0.29, 0.717) is 18.8 Å². The molecule has 1 N–H and O–H groups in total. The lowest BCUT2D eigenvalue weighted by molar-refractivity contribution is -0.143. The minimum absolute atomic E-state index is 0.0723. The number of hydrogen-bond donors (Lipinski definition) is 1. The summed E-state index contributed by atoms with van der Waals surface area (Å²) < 4.78 is 11.6. The molecule has 7 rings (SSSR count). The molecule has 5 saturated heterocycles. The zero-order valence-corrected chi connectivity index (χ0v) is 20.2. The number of ether oxygens (including phenoxy) is 2. The van der Waals surface area contributed by atoms with E-state index in [0.717, 1.165) is 42.8 Å². The molecule has 5 aliphatic rings. The number of aliphatic hydroxyl groups is 1. The summed E-state index contributed by atoms with van der Waals surface area (Å²) in [4.78, 5) is 22.3. The summed E-state index contributed by atoms with van der Waals surface area (Å²) in [5.41, 5.74) is -0.388. The fourth-order valence-corrected chi connectivity index (χ4v) is 6.50. The summed E-state index contributed by atoms with van der Waals surface area (Å²) in [6.45, 7) is 5.96. The van der Waals surface area contributed by atoms with Crippen LogP contribution < -0.4 is 4.90 Å². The summed E-state index contributed by atoms with van der Waals surface area (Å²) in [5.74, 6) is 3.33. The standard InChI is InChI=1S/C28H31N3O4/c1-4-23-28(33,20-12-14-30(23)15-13-20)21-10-11-24(29-22(21)16-19-8-6-5-7-9-19)31-17-26(2)27(3,25(31)32)35-18-34-26/h1,5-11,20,23,33H,12-18H2,2-3H3/t23?,26-,27+,28-/m1/s1. The van der Waals surface area contributed by atoms with Gasteiger partial charge >= 0.3 is 0 Å². The van der Waals surface area contributed by atoms with Crippen molar-refractivity contribution in [2.75, 3.05) is 31.3 Å². The van der Waals surface area contributed by atoms with E-state index in [1.165, 1.54) is 0 Å². The molecule has 1 aromatic heterocycles. The Morgan fingerprint density at radius 1 is 1.14 bits per heavy atom. The molecular formula is C28H31N3O4. The first-order valence-corrected chi connectivity index (χ1v) is 12.4. The van der Waals surface area contributed by atoms with Gasteiger partial charge in [-0.1, -0.05) is 42.3 Å². The van der Waals surface area contributed by atoms with Gasteiger partial charge in [-0.25, -0.2) is 4.98 Å². The van der Waals surface area contributed by atoms with E-state index in [9.17, 15) is 9.90 Å². The lowest BCUT2D eigenvalue weighted by Crippen LogP contribution is -2.63. The van der Waals surface area contributed by atoms with Crippen LogP contribution in [-0.4, -0.2) is 64.6 Å². The maximum atomic E-state index is 13.4. The van der Waals surface area contributed by atoms with E-state index in [-0.39, 0.29) is 18.6 Å². The van der Waals surface area contributed by atoms with Crippen molar-refractivity contribution in [3.8, 4) is 12.3 Å². The average molecular weight is 474 g/mol. The minimum atomic E-state index is -1.18. The van der Waals surface area contributed by atoms with E-state index in [1.807, 2.05) is 49.4 Å². The molecule has 0 aliphatic carbocycles. The number of pyridine rings is 1. The fraction of sp³-hybridized carbons (Fsp3) is 0.500. The Kier molecular flexibility index (Phi) is 5.10. The highest BCUT2D eigenvalue weighted by Gasteiger charge is 2.65. The van der Waals surface area contributed by atoms with Gasteiger partial charge in [-0.05, 0) is 57.3 Å². The number of nitrogens with zero attached hydrogens (tertiary/aromatic N) is 3. The van der Waals surface area contributed by atoms with E-state index >= 15 is 0 Å². The quantitative estimate of drug-likeness (QED) is 0.688. The molecule has 4 atom stereocenters. The van der Waals surface area contributed by atoms with Gasteiger partial charge in [-0.15, -0.1) is 6.42 Å². The van der Waals surface area contributed by atoms with E-state index in [2.05, 4.69) is 10.8 Å². The zero-order valence-electron chi connectivity index (χ0n) is 20.2. The third-order valence-electron chi connectivity index (χ3n) is 8.82. The smallest absolute Gasteiger partial charge is 0.263 e. The van der Waals surface area contributed by atoms with Crippen molar-refractivity contribution in [3.05, 3.63) is 59.3 Å². The second kappa shape index (κ2) is 7.87. The zero-order chi connectivity index (χ0) is 24.4. The van der Waals surface area contributed by atoms with Crippen LogP contribution in [0.2, 0.25) is 0 Å². The largest absolute Gasteiger partial charge is 0.382 e. The fourth-order valence-electron chi connectivity index (χ4n) is 6.50. The van der Waals surface area contributed by atoms with Crippen molar-refractivity contribution in [1.82, 2.24) is 9.88 Å². The minimum Gasteiger partial charge on any atom is -0.382 e. The second-order valence-electron chi connectivity index (χ2n) is 10.6. The number of carbonyl (C=O) groups excluding carboxylic acids is 1. The van der Waals surface area contributed by atoms with Crippen molar-refractivity contribution in [2.45, 2.75) is 56.0 Å². The third kappa shape index (κ3) is 3.14. The van der Waals surface area contributed by atoms with Gasteiger partial charge in [0.05, 0.1) is 12.2 Å². The molecule has 1 amide bonds. The molecule has 35 heavy (non-hydrogen) atoms. The van der Waals surface area contributed by atoms with Crippen LogP contribution >= 0.6 is 0 Å². The van der Waals surface area contributed by atoms with Gasteiger partial charge in [0, 0.05) is 12.0 Å². The van der Waals surface area contributed by atoms with Crippen LogP contribution in [0.4, 0.5) is 5.82 Å². The third-order valence-corrected chi connectivity index (χ3v) is 8.82. The maximum absolute atomic E-state index is 13.4. The number of terminal acetylenes is 1. The van der Waals surface area contributed by atoms with Crippen LogP contribution in [0.3, 0.4) is 0 Å².